The van der Waals surface area contributed by atoms with Crippen molar-refractivity contribution >= 4 is 21.8 Å². The number of nitrogens with one attached hydrogen (secondary N) is 1. The molecule has 0 aliphatic heterocycles. The maximum absolute atomic E-state index is 11.2. The molecule has 0 saturated carbocycles. The summed E-state index contributed by atoms with van der Waals surface area (Å²) in [6.07, 6.45) is 0.273. The van der Waals surface area contributed by atoms with Crippen LogP contribution in [0.15, 0.2) is 28.7 Å². The van der Waals surface area contributed by atoms with Gasteiger partial charge in [-0.25, -0.2) is 0 Å². The third-order valence-electron chi connectivity index (χ3n) is 2.09. The molecule has 0 spiro atoms. The molecule has 5 heteroatoms. The second kappa shape index (κ2) is 7.29. The molecule has 0 aliphatic rings. The highest BCUT2D eigenvalue weighted by Gasteiger charge is 2.06. The van der Waals surface area contributed by atoms with E-state index in [1.54, 1.807) is 0 Å². The van der Waals surface area contributed by atoms with E-state index in [0.717, 1.165) is 10.2 Å². The average Bonchev–Trinajstić information content (AvgIpc) is 2.27. The maximum atomic E-state index is 11.2. The molecule has 0 heterocycles. The van der Waals surface area contributed by atoms with E-state index in [1.807, 2.05) is 31.2 Å². The zero-order valence-corrected chi connectivity index (χ0v) is 11.4. The summed E-state index contributed by atoms with van der Waals surface area (Å²) in [6, 6.07) is 7.60. The molecule has 0 aromatic heterocycles. The van der Waals surface area contributed by atoms with E-state index in [1.165, 1.54) is 0 Å². The number of amides is 1. The number of hydrogen-bond donors (Lipinski definition) is 2. The lowest BCUT2D eigenvalue weighted by atomic mass is 10.3. The van der Waals surface area contributed by atoms with Crippen molar-refractivity contribution in [2.75, 3.05) is 13.1 Å². The number of ether oxygens (including phenoxy) is 1. The summed E-state index contributed by atoms with van der Waals surface area (Å²) in [7, 11) is 0. The van der Waals surface area contributed by atoms with Gasteiger partial charge in [0.15, 0.2) is 0 Å². The fourth-order valence-electron chi connectivity index (χ4n) is 1.29. The summed E-state index contributed by atoms with van der Waals surface area (Å²) in [5, 5.41) is 2.76. The van der Waals surface area contributed by atoms with Crippen molar-refractivity contribution in [1.29, 1.82) is 0 Å². The van der Waals surface area contributed by atoms with Gasteiger partial charge in [-0.2, -0.15) is 0 Å². The van der Waals surface area contributed by atoms with Crippen molar-refractivity contribution in [2.24, 2.45) is 5.73 Å². The summed E-state index contributed by atoms with van der Waals surface area (Å²) in [5.41, 5.74) is 5.28. The molecule has 0 radical (unpaired) electrons. The van der Waals surface area contributed by atoms with Gasteiger partial charge in [0.25, 0.3) is 0 Å². The molecule has 0 bridgehead atoms. The van der Waals surface area contributed by atoms with Crippen molar-refractivity contribution < 1.29 is 9.53 Å². The number of hydrogen-bond acceptors (Lipinski definition) is 3. The highest BCUT2D eigenvalue weighted by Crippen LogP contribution is 2.18. The maximum Gasteiger partial charge on any atom is 0.221 e. The number of nitrogens with two attached hydrogens (primary N) is 1. The monoisotopic (exact) mass is 300 g/mol. The van der Waals surface area contributed by atoms with Crippen molar-refractivity contribution in [3.8, 4) is 5.75 Å². The molecular weight excluding hydrogens is 284 g/mol. The zero-order valence-electron chi connectivity index (χ0n) is 9.78. The largest absolute Gasteiger partial charge is 0.489 e. The first-order valence-electron chi connectivity index (χ1n) is 5.51. The second-order valence-corrected chi connectivity index (χ2v) is 4.64. The minimum Gasteiger partial charge on any atom is -0.489 e. The van der Waals surface area contributed by atoms with E-state index < -0.39 is 0 Å². The lowest BCUT2D eigenvalue weighted by molar-refractivity contribution is -0.121. The van der Waals surface area contributed by atoms with Gasteiger partial charge in [0.1, 0.15) is 11.9 Å². The van der Waals surface area contributed by atoms with Crippen LogP contribution in [0.1, 0.15) is 13.3 Å². The van der Waals surface area contributed by atoms with Gasteiger partial charge in [-0.3, -0.25) is 4.79 Å². The van der Waals surface area contributed by atoms with Crippen LogP contribution in [0.5, 0.6) is 5.75 Å². The van der Waals surface area contributed by atoms with Crippen LogP contribution in [-0.4, -0.2) is 25.1 Å². The third-order valence-corrected chi connectivity index (χ3v) is 2.58. The molecule has 3 N–H and O–H groups in total. The van der Waals surface area contributed by atoms with E-state index >= 15 is 0 Å². The van der Waals surface area contributed by atoms with Crippen LogP contribution in [0, 0.1) is 0 Å². The Balaban J connectivity index is 2.34. The molecule has 0 fully saturated rings. The topological polar surface area (TPSA) is 64.4 Å². The summed E-state index contributed by atoms with van der Waals surface area (Å²) >= 11 is 3.37. The van der Waals surface area contributed by atoms with E-state index in [4.69, 9.17) is 10.5 Å². The summed E-state index contributed by atoms with van der Waals surface area (Å²) in [5.74, 6) is 0.733. The minimum atomic E-state index is -0.0778. The normalized spacial score (nSPS) is 11.9. The third kappa shape index (κ3) is 5.70. The Morgan fingerprint density at radius 2 is 2.35 bits per heavy atom. The molecule has 1 unspecified atom stereocenters. The minimum absolute atomic E-state index is 0.0443. The predicted octanol–water partition coefficient (Wildman–Crippen LogP) is 1.68. The number of carbonyl (C=O) groups is 1. The van der Waals surface area contributed by atoms with Gasteiger partial charge in [0.05, 0.1) is 6.54 Å². The van der Waals surface area contributed by atoms with E-state index in [-0.39, 0.29) is 12.0 Å². The van der Waals surface area contributed by atoms with Gasteiger partial charge >= 0.3 is 0 Å². The Hall–Kier alpha value is -1.07. The van der Waals surface area contributed by atoms with Crippen LogP contribution in [0.25, 0.3) is 0 Å². The van der Waals surface area contributed by atoms with Gasteiger partial charge in [0, 0.05) is 17.4 Å². The fraction of sp³-hybridized carbons (Fsp3) is 0.417. The summed E-state index contributed by atoms with van der Waals surface area (Å²) in [4.78, 5) is 11.2. The van der Waals surface area contributed by atoms with Crippen LogP contribution in [0.4, 0.5) is 0 Å². The van der Waals surface area contributed by atoms with Crippen molar-refractivity contribution in [3.63, 3.8) is 0 Å². The molecule has 0 aliphatic carbocycles. The van der Waals surface area contributed by atoms with Crippen LogP contribution < -0.4 is 15.8 Å². The molecule has 1 atom stereocenters. The lowest BCUT2D eigenvalue weighted by Gasteiger charge is -2.15. The van der Waals surface area contributed by atoms with E-state index in [2.05, 4.69) is 21.2 Å². The number of halogens is 1. The van der Waals surface area contributed by atoms with Crippen molar-refractivity contribution in [3.05, 3.63) is 28.7 Å². The first-order chi connectivity index (χ1) is 8.11. The number of rotatable bonds is 6. The summed E-state index contributed by atoms with van der Waals surface area (Å²) < 4.78 is 6.61. The first-order valence-corrected chi connectivity index (χ1v) is 6.30. The van der Waals surface area contributed by atoms with Crippen LogP contribution in [-0.2, 0) is 4.79 Å². The first kappa shape index (κ1) is 14.0. The Kier molecular flexibility index (Phi) is 6.00. The van der Waals surface area contributed by atoms with Gasteiger partial charge in [-0.15, -0.1) is 0 Å². The molecule has 0 saturated heterocycles. The van der Waals surface area contributed by atoms with Crippen LogP contribution in [0.2, 0.25) is 0 Å². The molecule has 4 nitrogen and oxygen atoms in total. The SMILES string of the molecule is CC(CNC(=O)CCN)Oc1cccc(Br)c1. The molecule has 1 rings (SSSR count). The number of benzene rings is 1. The van der Waals surface area contributed by atoms with Crippen LogP contribution in [0.3, 0.4) is 0 Å². The number of carbonyl (C=O) groups excluding carboxylic acids is 1. The molecule has 1 amide bonds. The van der Waals surface area contributed by atoms with Gasteiger partial charge in [0.2, 0.25) is 5.91 Å². The summed E-state index contributed by atoms with van der Waals surface area (Å²) in [6.45, 7) is 2.75. The van der Waals surface area contributed by atoms with E-state index in [0.29, 0.717) is 19.5 Å². The molecule has 94 valence electrons. The van der Waals surface area contributed by atoms with Gasteiger partial charge in [-0.1, -0.05) is 22.0 Å². The van der Waals surface area contributed by atoms with Gasteiger partial charge < -0.3 is 15.8 Å². The van der Waals surface area contributed by atoms with Crippen LogP contribution >= 0.6 is 15.9 Å². The Morgan fingerprint density at radius 3 is 3.00 bits per heavy atom. The Labute approximate surface area is 110 Å². The average molecular weight is 301 g/mol. The zero-order chi connectivity index (χ0) is 12.7. The molecular formula is C12H17BrN2O2. The highest BCUT2D eigenvalue weighted by molar-refractivity contribution is 9.10. The van der Waals surface area contributed by atoms with Crippen molar-refractivity contribution in [1.82, 2.24) is 5.32 Å². The standard InChI is InChI=1S/C12H17BrN2O2/c1-9(8-15-12(16)5-6-14)17-11-4-2-3-10(13)7-11/h2-4,7,9H,5-6,8,14H2,1H3,(H,15,16). The Morgan fingerprint density at radius 1 is 1.59 bits per heavy atom. The molecule has 1 aromatic carbocycles. The fourth-order valence-corrected chi connectivity index (χ4v) is 1.67. The second-order valence-electron chi connectivity index (χ2n) is 3.73. The lowest BCUT2D eigenvalue weighted by Crippen LogP contribution is -2.34. The quantitative estimate of drug-likeness (QED) is 0.840. The predicted molar refractivity (Wildman–Crippen MR) is 70.9 cm³/mol. The van der Waals surface area contributed by atoms with Gasteiger partial charge in [-0.05, 0) is 25.1 Å². The smallest absolute Gasteiger partial charge is 0.221 e. The molecule has 17 heavy (non-hydrogen) atoms. The highest BCUT2D eigenvalue weighted by atomic mass is 79.9. The Bertz CT molecular complexity index is 371. The van der Waals surface area contributed by atoms with E-state index in [9.17, 15) is 4.79 Å². The van der Waals surface area contributed by atoms with Crippen molar-refractivity contribution in [2.45, 2.75) is 19.4 Å². The molecule has 1 aromatic rings.